The van der Waals surface area contributed by atoms with Gasteiger partial charge in [0, 0.05) is 12.0 Å². The molecule has 60 valence electrons. The van der Waals surface area contributed by atoms with Gasteiger partial charge in [0.05, 0.1) is 5.37 Å². The van der Waals surface area contributed by atoms with E-state index in [1.165, 1.54) is 19.3 Å². The first-order valence-electron chi connectivity index (χ1n) is 3.89. The fraction of sp³-hybridized carbons (Fsp3) is 1.00. The van der Waals surface area contributed by atoms with Crippen LogP contribution in [0.3, 0.4) is 0 Å². The van der Waals surface area contributed by atoms with Crippen LogP contribution in [0, 0.1) is 0 Å². The van der Waals surface area contributed by atoms with Gasteiger partial charge >= 0.3 is 0 Å². The zero-order chi connectivity index (χ0) is 7.40. The van der Waals surface area contributed by atoms with E-state index in [4.69, 9.17) is 4.55 Å². The summed E-state index contributed by atoms with van der Waals surface area (Å²) in [5.41, 5.74) is 0. The zero-order valence-electron chi connectivity index (χ0n) is 6.42. The number of hydrogen-bond acceptors (Lipinski definition) is 3. The molecule has 0 aliphatic carbocycles. The summed E-state index contributed by atoms with van der Waals surface area (Å²) in [7, 11) is 0. The molecule has 1 heterocycles. The van der Waals surface area contributed by atoms with Crippen molar-refractivity contribution in [3.63, 3.8) is 0 Å². The van der Waals surface area contributed by atoms with E-state index in [2.05, 4.69) is 11.8 Å². The molecule has 0 aromatic heterocycles. The Bertz CT molecular complexity index is 93.6. The maximum absolute atomic E-state index is 8.76. The van der Waals surface area contributed by atoms with E-state index >= 15 is 0 Å². The molecule has 2 nitrogen and oxygen atoms in total. The summed E-state index contributed by atoms with van der Waals surface area (Å²) in [5, 5.41) is 0.292. The highest BCUT2D eigenvalue weighted by molar-refractivity contribution is 7.94. The molecule has 0 saturated carbocycles. The third kappa shape index (κ3) is 2.15. The molecular formula is C7H15NOS. The molecule has 0 amide bonds. The lowest BCUT2D eigenvalue weighted by atomic mass is 10.1. The largest absolute Gasteiger partial charge is 0.329 e. The van der Waals surface area contributed by atoms with Crippen molar-refractivity contribution in [3.05, 3.63) is 0 Å². The van der Waals surface area contributed by atoms with E-state index in [9.17, 15) is 0 Å². The van der Waals surface area contributed by atoms with Gasteiger partial charge in [0.25, 0.3) is 0 Å². The molecule has 1 unspecified atom stereocenters. The summed E-state index contributed by atoms with van der Waals surface area (Å²) >= 11 is 0.957. The Morgan fingerprint density at radius 2 is 1.90 bits per heavy atom. The van der Waals surface area contributed by atoms with Gasteiger partial charge < -0.3 is 4.55 Å². The van der Waals surface area contributed by atoms with Crippen LogP contribution in [0.25, 0.3) is 0 Å². The van der Waals surface area contributed by atoms with E-state index in [1.54, 1.807) is 0 Å². The minimum atomic E-state index is 0.292. The quantitative estimate of drug-likeness (QED) is 0.627. The van der Waals surface area contributed by atoms with Gasteiger partial charge in [-0.25, -0.2) is 0 Å². The molecular weight excluding hydrogens is 146 g/mol. The molecule has 3 heteroatoms. The van der Waals surface area contributed by atoms with E-state index in [0.29, 0.717) is 5.37 Å². The monoisotopic (exact) mass is 161 g/mol. The Labute approximate surface area is 66.8 Å². The van der Waals surface area contributed by atoms with Crippen LogP contribution in [0.1, 0.15) is 26.2 Å². The minimum Gasteiger partial charge on any atom is -0.329 e. The normalized spacial score (nSPS) is 24.6. The number of piperidine rings is 1. The molecule has 0 bridgehead atoms. The van der Waals surface area contributed by atoms with Crippen molar-refractivity contribution in [2.24, 2.45) is 0 Å². The Morgan fingerprint density at radius 3 is 2.40 bits per heavy atom. The van der Waals surface area contributed by atoms with Crippen molar-refractivity contribution in [1.82, 2.24) is 4.90 Å². The molecule has 1 aliphatic heterocycles. The third-order valence-corrected chi connectivity index (χ3v) is 2.66. The minimum absolute atomic E-state index is 0.292. The smallest absolute Gasteiger partial charge is 0.0792 e. The van der Waals surface area contributed by atoms with Gasteiger partial charge in [-0.1, -0.05) is 6.42 Å². The molecule has 1 aliphatic rings. The van der Waals surface area contributed by atoms with Crippen LogP contribution in [-0.4, -0.2) is 27.9 Å². The van der Waals surface area contributed by atoms with Crippen molar-refractivity contribution < 1.29 is 4.55 Å². The predicted octanol–water partition coefficient (Wildman–Crippen LogP) is 2.02. The fourth-order valence-electron chi connectivity index (χ4n) is 1.35. The molecule has 1 saturated heterocycles. The van der Waals surface area contributed by atoms with E-state index in [0.717, 1.165) is 25.1 Å². The summed E-state index contributed by atoms with van der Waals surface area (Å²) in [5.74, 6) is 0. The number of rotatable bonds is 2. The van der Waals surface area contributed by atoms with Gasteiger partial charge in [0.15, 0.2) is 0 Å². The van der Waals surface area contributed by atoms with Crippen molar-refractivity contribution in [3.8, 4) is 0 Å². The lowest BCUT2D eigenvalue weighted by molar-refractivity contribution is 0.219. The Kier molecular flexibility index (Phi) is 3.52. The van der Waals surface area contributed by atoms with Crippen LogP contribution >= 0.6 is 12.0 Å². The topological polar surface area (TPSA) is 23.5 Å². The summed E-state index contributed by atoms with van der Waals surface area (Å²) < 4.78 is 8.76. The molecule has 0 aromatic carbocycles. The molecule has 0 radical (unpaired) electrons. The van der Waals surface area contributed by atoms with Gasteiger partial charge in [-0.3, -0.25) is 4.90 Å². The second kappa shape index (κ2) is 4.21. The maximum Gasteiger partial charge on any atom is 0.0792 e. The highest BCUT2D eigenvalue weighted by atomic mass is 32.2. The predicted molar refractivity (Wildman–Crippen MR) is 45.1 cm³/mol. The van der Waals surface area contributed by atoms with Gasteiger partial charge in [0.1, 0.15) is 0 Å². The lowest BCUT2D eigenvalue weighted by Gasteiger charge is -2.30. The van der Waals surface area contributed by atoms with Crippen molar-refractivity contribution in [1.29, 1.82) is 0 Å². The third-order valence-electron chi connectivity index (χ3n) is 2.06. The highest BCUT2D eigenvalue weighted by Crippen LogP contribution is 2.17. The first kappa shape index (κ1) is 8.37. The maximum atomic E-state index is 8.76. The Hall–Kier alpha value is 0.270. The fourth-order valence-corrected chi connectivity index (χ4v) is 1.69. The SMILES string of the molecule is CC(SO)N1CCCCC1. The first-order valence-corrected chi connectivity index (χ1v) is 4.72. The Morgan fingerprint density at radius 1 is 1.30 bits per heavy atom. The van der Waals surface area contributed by atoms with Crippen molar-refractivity contribution >= 4 is 12.0 Å². The molecule has 0 spiro atoms. The standard InChI is InChI=1S/C7H15NOS/c1-7(10-9)8-5-3-2-4-6-8/h7,9H,2-6H2,1H3. The highest BCUT2D eigenvalue weighted by Gasteiger charge is 2.15. The average molecular weight is 161 g/mol. The van der Waals surface area contributed by atoms with Crippen LogP contribution in [0.2, 0.25) is 0 Å². The van der Waals surface area contributed by atoms with Crippen LogP contribution in [-0.2, 0) is 0 Å². The first-order chi connectivity index (χ1) is 4.84. The van der Waals surface area contributed by atoms with E-state index in [1.807, 2.05) is 0 Å². The van der Waals surface area contributed by atoms with Gasteiger partial charge in [-0.2, -0.15) is 0 Å². The summed E-state index contributed by atoms with van der Waals surface area (Å²) in [6.07, 6.45) is 3.95. The number of likely N-dealkylation sites (tertiary alicyclic amines) is 1. The lowest BCUT2D eigenvalue weighted by Crippen LogP contribution is -2.35. The van der Waals surface area contributed by atoms with Crippen LogP contribution in [0.4, 0.5) is 0 Å². The summed E-state index contributed by atoms with van der Waals surface area (Å²) in [6.45, 7) is 4.37. The van der Waals surface area contributed by atoms with E-state index < -0.39 is 0 Å². The van der Waals surface area contributed by atoms with Crippen LogP contribution < -0.4 is 0 Å². The van der Waals surface area contributed by atoms with Crippen LogP contribution in [0.15, 0.2) is 0 Å². The van der Waals surface area contributed by atoms with Crippen LogP contribution in [0.5, 0.6) is 0 Å². The molecule has 1 fully saturated rings. The van der Waals surface area contributed by atoms with Gasteiger partial charge in [0.2, 0.25) is 0 Å². The molecule has 1 N–H and O–H groups in total. The second-order valence-electron chi connectivity index (χ2n) is 2.80. The summed E-state index contributed by atoms with van der Waals surface area (Å²) in [6, 6.07) is 0. The number of nitrogens with zero attached hydrogens (tertiary/aromatic N) is 1. The van der Waals surface area contributed by atoms with Gasteiger partial charge in [-0.15, -0.1) is 0 Å². The average Bonchev–Trinajstić information content (AvgIpc) is 2.05. The molecule has 1 rings (SSSR count). The van der Waals surface area contributed by atoms with Crippen molar-refractivity contribution in [2.75, 3.05) is 13.1 Å². The Balaban J connectivity index is 2.24. The summed E-state index contributed by atoms with van der Waals surface area (Å²) in [4.78, 5) is 2.33. The molecule has 1 atom stereocenters. The van der Waals surface area contributed by atoms with Crippen molar-refractivity contribution in [2.45, 2.75) is 31.6 Å². The zero-order valence-corrected chi connectivity index (χ0v) is 7.23. The molecule has 10 heavy (non-hydrogen) atoms. The van der Waals surface area contributed by atoms with E-state index in [-0.39, 0.29) is 0 Å². The van der Waals surface area contributed by atoms with Gasteiger partial charge in [-0.05, 0) is 32.9 Å². The number of hydrogen-bond donors (Lipinski definition) is 1. The molecule has 0 aromatic rings. The second-order valence-corrected chi connectivity index (χ2v) is 3.69.